The third kappa shape index (κ3) is 3.11. The zero-order chi connectivity index (χ0) is 14.0. The van der Waals surface area contributed by atoms with Gasteiger partial charge in [0.25, 0.3) is 0 Å². The van der Waals surface area contributed by atoms with E-state index in [9.17, 15) is 13.6 Å². The van der Waals surface area contributed by atoms with Crippen LogP contribution >= 0.6 is 15.9 Å². The van der Waals surface area contributed by atoms with Gasteiger partial charge < -0.3 is 14.8 Å². The van der Waals surface area contributed by atoms with Crippen LogP contribution in [0.5, 0.6) is 0 Å². The molecule has 1 aromatic heterocycles. The molecule has 4 nitrogen and oxygen atoms in total. The van der Waals surface area contributed by atoms with Gasteiger partial charge in [-0.15, -0.1) is 0 Å². The number of halogens is 3. The maximum Gasteiger partial charge on any atom is 0.338 e. The predicted molar refractivity (Wildman–Crippen MR) is 67.1 cm³/mol. The lowest BCUT2D eigenvalue weighted by molar-refractivity contribution is 0.0696. The number of furan rings is 1. The number of hydrogen-bond acceptors (Lipinski definition) is 3. The summed E-state index contributed by atoms with van der Waals surface area (Å²) in [5, 5.41) is 11.2. The average Bonchev–Trinajstić information content (AvgIpc) is 2.76. The van der Waals surface area contributed by atoms with Crippen molar-refractivity contribution in [2.75, 3.05) is 5.32 Å². The lowest BCUT2D eigenvalue weighted by Gasteiger charge is -2.07. The van der Waals surface area contributed by atoms with Gasteiger partial charge >= 0.3 is 5.97 Å². The van der Waals surface area contributed by atoms with Crippen molar-refractivity contribution >= 4 is 27.6 Å². The molecule has 1 aromatic carbocycles. The standard InChI is InChI=1S/C12H8BrF2NO3/c13-7-2-9(14)11(10(15)3-7)16-4-8-1-6(5-19-8)12(17)18/h1-3,5,16H,4H2,(H,17,18). The summed E-state index contributed by atoms with van der Waals surface area (Å²) >= 11 is 2.97. The first-order chi connectivity index (χ1) is 8.97. The topological polar surface area (TPSA) is 62.5 Å². The van der Waals surface area contributed by atoms with Crippen molar-refractivity contribution in [2.45, 2.75) is 6.54 Å². The van der Waals surface area contributed by atoms with E-state index in [1.165, 1.54) is 6.07 Å². The molecular formula is C12H8BrF2NO3. The van der Waals surface area contributed by atoms with E-state index in [4.69, 9.17) is 9.52 Å². The highest BCUT2D eigenvalue weighted by Crippen LogP contribution is 2.24. The predicted octanol–water partition coefficient (Wildman–Crippen LogP) is 3.63. The molecule has 19 heavy (non-hydrogen) atoms. The Morgan fingerprint density at radius 3 is 2.47 bits per heavy atom. The van der Waals surface area contributed by atoms with Crippen molar-refractivity contribution in [1.82, 2.24) is 0 Å². The van der Waals surface area contributed by atoms with Crippen molar-refractivity contribution in [2.24, 2.45) is 0 Å². The highest BCUT2D eigenvalue weighted by Gasteiger charge is 2.12. The molecule has 2 aromatic rings. The number of carboxylic acids is 1. The molecule has 0 aliphatic heterocycles. The lowest BCUT2D eigenvalue weighted by Crippen LogP contribution is -2.03. The summed E-state index contributed by atoms with van der Waals surface area (Å²) in [4.78, 5) is 10.6. The van der Waals surface area contributed by atoms with Gasteiger partial charge in [-0.1, -0.05) is 15.9 Å². The number of nitrogens with one attached hydrogen (secondary N) is 1. The molecular weight excluding hydrogens is 324 g/mol. The van der Waals surface area contributed by atoms with E-state index in [1.54, 1.807) is 0 Å². The second-order valence-corrected chi connectivity index (χ2v) is 4.62. The molecule has 0 radical (unpaired) electrons. The van der Waals surface area contributed by atoms with Crippen LogP contribution in [0.3, 0.4) is 0 Å². The van der Waals surface area contributed by atoms with E-state index in [-0.39, 0.29) is 23.6 Å². The van der Waals surface area contributed by atoms with E-state index in [0.29, 0.717) is 4.47 Å². The van der Waals surface area contributed by atoms with Crippen molar-refractivity contribution in [3.8, 4) is 0 Å². The molecule has 0 saturated heterocycles. The first-order valence-electron chi connectivity index (χ1n) is 5.16. The molecule has 0 fully saturated rings. The van der Waals surface area contributed by atoms with Crippen LogP contribution in [0.15, 0.2) is 33.4 Å². The molecule has 0 bridgehead atoms. The number of hydrogen-bond donors (Lipinski definition) is 2. The van der Waals surface area contributed by atoms with Gasteiger partial charge in [-0.25, -0.2) is 13.6 Å². The Morgan fingerprint density at radius 1 is 1.32 bits per heavy atom. The van der Waals surface area contributed by atoms with Crippen LogP contribution in [0.4, 0.5) is 14.5 Å². The molecule has 0 amide bonds. The molecule has 100 valence electrons. The Labute approximate surface area is 115 Å². The van der Waals surface area contributed by atoms with Gasteiger partial charge in [-0.3, -0.25) is 0 Å². The number of carbonyl (C=O) groups is 1. The quantitative estimate of drug-likeness (QED) is 0.898. The van der Waals surface area contributed by atoms with Gasteiger partial charge in [0.1, 0.15) is 29.3 Å². The van der Waals surface area contributed by atoms with Gasteiger partial charge in [0.2, 0.25) is 0 Å². The molecule has 0 aliphatic carbocycles. The van der Waals surface area contributed by atoms with Gasteiger partial charge in [-0.2, -0.15) is 0 Å². The Balaban J connectivity index is 2.12. The van der Waals surface area contributed by atoms with Crippen LogP contribution in [0.2, 0.25) is 0 Å². The number of benzene rings is 1. The Kier molecular flexibility index (Phi) is 3.84. The largest absolute Gasteiger partial charge is 0.478 e. The van der Waals surface area contributed by atoms with Crippen molar-refractivity contribution < 1.29 is 23.1 Å². The first kappa shape index (κ1) is 13.5. The Morgan fingerprint density at radius 2 is 1.95 bits per heavy atom. The van der Waals surface area contributed by atoms with Crippen molar-refractivity contribution in [3.63, 3.8) is 0 Å². The van der Waals surface area contributed by atoms with Gasteiger partial charge in [0, 0.05) is 4.47 Å². The number of rotatable bonds is 4. The Hall–Kier alpha value is -1.89. The van der Waals surface area contributed by atoms with Crippen molar-refractivity contribution in [1.29, 1.82) is 0 Å². The fourth-order valence-corrected chi connectivity index (χ4v) is 1.87. The van der Waals surface area contributed by atoms with Crippen LogP contribution in [-0.4, -0.2) is 11.1 Å². The minimum atomic E-state index is -1.13. The highest BCUT2D eigenvalue weighted by molar-refractivity contribution is 9.10. The fraction of sp³-hybridized carbons (Fsp3) is 0.0833. The SMILES string of the molecule is O=C(O)c1coc(CNc2c(F)cc(Br)cc2F)c1. The van der Waals surface area contributed by atoms with E-state index < -0.39 is 17.6 Å². The summed E-state index contributed by atoms with van der Waals surface area (Å²) in [6, 6.07) is 3.52. The maximum absolute atomic E-state index is 13.5. The van der Waals surface area contributed by atoms with Crippen LogP contribution in [-0.2, 0) is 6.54 Å². The fourth-order valence-electron chi connectivity index (χ4n) is 1.47. The van der Waals surface area contributed by atoms with Gasteiger partial charge in [0.05, 0.1) is 12.1 Å². The van der Waals surface area contributed by atoms with Crippen LogP contribution in [0.1, 0.15) is 16.1 Å². The van der Waals surface area contributed by atoms with Gasteiger partial charge in [-0.05, 0) is 18.2 Å². The summed E-state index contributed by atoms with van der Waals surface area (Å²) < 4.78 is 32.2. The van der Waals surface area contributed by atoms with Crippen LogP contribution in [0, 0.1) is 11.6 Å². The minimum Gasteiger partial charge on any atom is -0.478 e. The monoisotopic (exact) mass is 331 g/mol. The summed E-state index contributed by atoms with van der Waals surface area (Å²) in [5.41, 5.74) is -0.315. The van der Waals surface area contributed by atoms with E-state index >= 15 is 0 Å². The third-order valence-corrected chi connectivity index (χ3v) is 2.80. The average molecular weight is 332 g/mol. The molecule has 0 spiro atoms. The van der Waals surface area contributed by atoms with Gasteiger partial charge in [0.15, 0.2) is 0 Å². The first-order valence-corrected chi connectivity index (χ1v) is 5.96. The number of carboxylic acid groups (broad SMARTS) is 1. The second-order valence-electron chi connectivity index (χ2n) is 3.70. The molecule has 0 unspecified atom stereocenters. The minimum absolute atomic E-state index is 0.0199. The second kappa shape index (κ2) is 5.40. The summed E-state index contributed by atoms with van der Waals surface area (Å²) in [6.07, 6.45) is 1.06. The molecule has 2 N–H and O–H groups in total. The summed E-state index contributed by atoms with van der Waals surface area (Å²) in [6.45, 7) is -0.0250. The van der Waals surface area contributed by atoms with Crippen LogP contribution in [0.25, 0.3) is 0 Å². The highest BCUT2D eigenvalue weighted by atomic mass is 79.9. The normalized spacial score (nSPS) is 10.5. The smallest absolute Gasteiger partial charge is 0.338 e. The van der Waals surface area contributed by atoms with E-state index in [2.05, 4.69) is 21.2 Å². The maximum atomic E-state index is 13.5. The number of aromatic carboxylic acids is 1. The molecule has 0 saturated carbocycles. The van der Waals surface area contributed by atoms with Crippen molar-refractivity contribution in [3.05, 3.63) is 51.9 Å². The zero-order valence-electron chi connectivity index (χ0n) is 9.41. The van der Waals surface area contributed by atoms with E-state index in [1.807, 2.05) is 0 Å². The van der Waals surface area contributed by atoms with E-state index in [0.717, 1.165) is 18.4 Å². The van der Waals surface area contributed by atoms with Crippen LogP contribution < -0.4 is 5.32 Å². The summed E-state index contributed by atoms with van der Waals surface area (Å²) in [5.74, 6) is -2.37. The molecule has 0 aliphatic rings. The molecule has 0 atom stereocenters. The molecule has 1 heterocycles. The molecule has 2 rings (SSSR count). The summed E-state index contributed by atoms with van der Waals surface area (Å²) in [7, 11) is 0. The molecule has 7 heteroatoms. The Bertz CT molecular complexity index is 604. The number of anilines is 1. The third-order valence-electron chi connectivity index (χ3n) is 2.35. The lowest BCUT2D eigenvalue weighted by atomic mass is 10.2. The zero-order valence-corrected chi connectivity index (χ0v) is 11.0.